The second-order valence-corrected chi connectivity index (χ2v) is 5.60. The van der Waals surface area contributed by atoms with Crippen LogP contribution in [0.15, 0.2) is 60.7 Å². The van der Waals surface area contributed by atoms with E-state index in [4.69, 9.17) is 4.74 Å². The van der Waals surface area contributed by atoms with E-state index in [1.54, 1.807) is 11.5 Å². The molecule has 1 aliphatic rings. The van der Waals surface area contributed by atoms with Crippen molar-refractivity contribution in [2.45, 2.75) is 25.6 Å². The van der Waals surface area contributed by atoms with Gasteiger partial charge in [0.1, 0.15) is 12.3 Å². The summed E-state index contributed by atoms with van der Waals surface area (Å²) in [4.78, 5) is 14.7. The lowest BCUT2D eigenvalue weighted by Crippen LogP contribution is -2.44. The molecule has 2 aromatic rings. The predicted molar refractivity (Wildman–Crippen MR) is 81.3 cm³/mol. The second kappa shape index (κ2) is 5.34. The fourth-order valence-corrected chi connectivity index (χ4v) is 2.65. The minimum absolute atomic E-state index is 0.0248. The van der Waals surface area contributed by atoms with Crippen LogP contribution in [0.5, 0.6) is 0 Å². The SMILES string of the molecule is CC1(C)O[CH]C(c2ccccc2)N1C(=O)c1ccccc1. The van der Waals surface area contributed by atoms with Crippen molar-refractivity contribution in [2.24, 2.45) is 0 Å². The third-order valence-electron chi connectivity index (χ3n) is 3.72. The summed E-state index contributed by atoms with van der Waals surface area (Å²) in [5.41, 5.74) is 1.06. The largest absolute Gasteiger partial charge is 0.348 e. The second-order valence-electron chi connectivity index (χ2n) is 5.60. The van der Waals surface area contributed by atoms with E-state index in [-0.39, 0.29) is 11.9 Å². The maximum Gasteiger partial charge on any atom is 0.256 e. The lowest BCUT2D eigenvalue weighted by molar-refractivity contribution is -0.0280. The summed E-state index contributed by atoms with van der Waals surface area (Å²) < 4.78 is 5.74. The number of benzene rings is 2. The van der Waals surface area contributed by atoms with Crippen LogP contribution < -0.4 is 0 Å². The molecule has 107 valence electrons. The van der Waals surface area contributed by atoms with Gasteiger partial charge < -0.3 is 9.64 Å². The molecular formula is C18H18NO2. The van der Waals surface area contributed by atoms with Crippen molar-refractivity contribution >= 4 is 5.91 Å². The number of hydrogen-bond donors (Lipinski definition) is 0. The molecule has 2 aromatic carbocycles. The summed E-state index contributed by atoms with van der Waals surface area (Å²) in [5, 5.41) is 0. The van der Waals surface area contributed by atoms with E-state index in [0.717, 1.165) is 5.56 Å². The van der Waals surface area contributed by atoms with Gasteiger partial charge in [-0.2, -0.15) is 0 Å². The normalized spacial score (nSPS) is 20.5. The number of ether oxygens (including phenoxy) is 1. The standard InChI is InChI=1S/C18H18NO2/c1-18(2)19(17(20)15-11-7-4-8-12-15)16(13-21-18)14-9-5-3-6-10-14/h3-13,16H,1-2H3. The molecule has 3 nitrogen and oxygen atoms in total. The van der Waals surface area contributed by atoms with E-state index in [1.165, 1.54) is 0 Å². The van der Waals surface area contributed by atoms with Crippen LogP contribution in [0.4, 0.5) is 0 Å². The van der Waals surface area contributed by atoms with Crippen LogP contribution in [0.3, 0.4) is 0 Å². The number of carbonyl (C=O) groups is 1. The van der Waals surface area contributed by atoms with Gasteiger partial charge in [0.15, 0.2) is 0 Å². The van der Waals surface area contributed by atoms with Crippen molar-refractivity contribution in [1.82, 2.24) is 4.90 Å². The topological polar surface area (TPSA) is 29.5 Å². The highest BCUT2D eigenvalue weighted by Gasteiger charge is 2.44. The molecule has 1 radical (unpaired) electrons. The summed E-state index contributed by atoms with van der Waals surface area (Å²) in [6, 6.07) is 19.1. The van der Waals surface area contributed by atoms with E-state index < -0.39 is 5.72 Å². The average Bonchev–Trinajstić information content (AvgIpc) is 2.84. The van der Waals surface area contributed by atoms with Gasteiger partial charge in [-0.1, -0.05) is 48.5 Å². The zero-order valence-corrected chi connectivity index (χ0v) is 12.2. The molecule has 1 saturated heterocycles. The van der Waals surface area contributed by atoms with Crippen LogP contribution in [-0.4, -0.2) is 16.5 Å². The maximum absolute atomic E-state index is 12.9. The summed E-state index contributed by atoms with van der Waals surface area (Å²) in [6.07, 6.45) is 0. The van der Waals surface area contributed by atoms with Crippen LogP contribution >= 0.6 is 0 Å². The molecule has 0 bridgehead atoms. The van der Waals surface area contributed by atoms with Crippen LogP contribution in [0.25, 0.3) is 0 Å². The predicted octanol–water partition coefficient (Wildman–Crippen LogP) is 3.80. The molecule has 1 atom stereocenters. The Morgan fingerprint density at radius 2 is 1.57 bits per heavy atom. The monoisotopic (exact) mass is 280 g/mol. The summed E-state index contributed by atoms with van der Waals surface area (Å²) in [5.74, 6) is -0.0248. The van der Waals surface area contributed by atoms with Gasteiger partial charge in [-0.15, -0.1) is 0 Å². The highest BCUT2D eigenvalue weighted by Crippen LogP contribution is 2.40. The Balaban J connectivity index is 1.98. The molecule has 0 aliphatic carbocycles. The van der Waals surface area contributed by atoms with Crippen LogP contribution in [0, 0.1) is 6.61 Å². The third kappa shape index (κ3) is 2.57. The third-order valence-corrected chi connectivity index (χ3v) is 3.72. The molecule has 0 aromatic heterocycles. The van der Waals surface area contributed by atoms with Gasteiger partial charge in [0, 0.05) is 5.56 Å². The Bertz CT molecular complexity index is 622. The van der Waals surface area contributed by atoms with Crippen molar-refractivity contribution in [2.75, 3.05) is 0 Å². The van der Waals surface area contributed by atoms with Crippen LogP contribution in [-0.2, 0) is 4.74 Å². The average molecular weight is 280 g/mol. The zero-order valence-electron chi connectivity index (χ0n) is 12.2. The van der Waals surface area contributed by atoms with Gasteiger partial charge in [0.05, 0.1) is 6.04 Å². The van der Waals surface area contributed by atoms with Gasteiger partial charge in [-0.05, 0) is 31.5 Å². The molecule has 1 aliphatic heterocycles. The molecule has 0 N–H and O–H groups in total. The minimum Gasteiger partial charge on any atom is -0.348 e. The molecule has 1 amide bonds. The first kappa shape index (κ1) is 13.8. The van der Waals surface area contributed by atoms with Gasteiger partial charge in [-0.3, -0.25) is 4.79 Å². The zero-order chi connectivity index (χ0) is 14.9. The Morgan fingerprint density at radius 1 is 1.00 bits per heavy atom. The Kier molecular flexibility index (Phi) is 3.52. The van der Waals surface area contributed by atoms with Gasteiger partial charge in [0.2, 0.25) is 0 Å². The van der Waals surface area contributed by atoms with Gasteiger partial charge in [0.25, 0.3) is 5.91 Å². The summed E-state index contributed by atoms with van der Waals surface area (Å²) in [6.45, 7) is 5.57. The first-order chi connectivity index (χ1) is 10.1. The van der Waals surface area contributed by atoms with E-state index in [1.807, 2.05) is 74.5 Å². The Hall–Kier alpha value is -2.13. The number of carbonyl (C=O) groups excluding carboxylic acids is 1. The minimum atomic E-state index is -0.659. The molecule has 1 fully saturated rings. The summed E-state index contributed by atoms with van der Waals surface area (Å²) >= 11 is 0. The van der Waals surface area contributed by atoms with Crippen molar-refractivity contribution in [3.8, 4) is 0 Å². The molecule has 3 rings (SSSR count). The number of nitrogens with zero attached hydrogens (tertiary/aromatic N) is 1. The van der Waals surface area contributed by atoms with Crippen molar-refractivity contribution < 1.29 is 9.53 Å². The van der Waals surface area contributed by atoms with Crippen LogP contribution in [0.1, 0.15) is 35.8 Å². The Labute approximate surface area is 125 Å². The molecule has 0 spiro atoms. The molecule has 3 heteroatoms. The molecule has 21 heavy (non-hydrogen) atoms. The van der Waals surface area contributed by atoms with E-state index in [2.05, 4.69) is 0 Å². The fraction of sp³-hybridized carbons (Fsp3) is 0.222. The number of hydrogen-bond acceptors (Lipinski definition) is 2. The fourth-order valence-electron chi connectivity index (χ4n) is 2.65. The molecular weight excluding hydrogens is 262 g/mol. The number of amides is 1. The van der Waals surface area contributed by atoms with Crippen molar-refractivity contribution in [1.29, 1.82) is 0 Å². The number of rotatable bonds is 2. The Morgan fingerprint density at radius 3 is 2.19 bits per heavy atom. The highest BCUT2D eigenvalue weighted by atomic mass is 16.5. The smallest absolute Gasteiger partial charge is 0.256 e. The van der Waals surface area contributed by atoms with Crippen molar-refractivity contribution in [3.05, 3.63) is 78.4 Å². The molecule has 1 heterocycles. The van der Waals surface area contributed by atoms with E-state index in [0.29, 0.717) is 5.56 Å². The highest BCUT2D eigenvalue weighted by molar-refractivity contribution is 5.95. The molecule has 0 saturated carbocycles. The van der Waals surface area contributed by atoms with Crippen LogP contribution in [0.2, 0.25) is 0 Å². The first-order valence-corrected chi connectivity index (χ1v) is 7.04. The molecule has 1 unspecified atom stereocenters. The van der Waals surface area contributed by atoms with E-state index in [9.17, 15) is 4.79 Å². The lowest BCUT2D eigenvalue weighted by atomic mass is 10.0. The van der Waals surface area contributed by atoms with Gasteiger partial charge in [-0.25, -0.2) is 0 Å². The van der Waals surface area contributed by atoms with Crippen molar-refractivity contribution in [3.63, 3.8) is 0 Å². The van der Waals surface area contributed by atoms with Gasteiger partial charge >= 0.3 is 0 Å². The van der Waals surface area contributed by atoms with E-state index >= 15 is 0 Å². The quantitative estimate of drug-likeness (QED) is 0.837. The lowest BCUT2D eigenvalue weighted by Gasteiger charge is -2.33. The first-order valence-electron chi connectivity index (χ1n) is 7.04. The maximum atomic E-state index is 12.9. The summed E-state index contributed by atoms with van der Waals surface area (Å²) in [7, 11) is 0.